The van der Waals surface area contributed by atoms with Gasteiger partial charge >= 0.3 is 0 Å². The van der Waals surface area contributed by atoms with Crippen LogP contribution < -0.4 is 51.4 Å². The Labute approximate surface area is 268 Å². The predicted octanol–water partition coefficient (Wildman–Crippen LogP) is 3.83. The average molecular weight is 635 g/mol. The SMILES string of the molecule is COc1cc(Cc2cnc(N)nc2N)cc(OC)c1OCCCCCCOc1c(OC)cc(Cc2cnc(N)nc2N)cc1OC. The number of nitrogens with two attached hydrogens (primary N) is 4. The molecule has 0 saturated heterocycles. The van der Waals surface area contributed by atoms with Crippen LogP contribution in [0.5, 0.6) is 34.5 Å². The largest absolute Gasteiger partial charge is 0.493 e. The minimum absolute atomic E-state index is 0.132. The Morgan fingerprint density at radius 3 is 1.17 bits per heavy atom. The Kier molecular flexibility index (Phi) is 11.7. The van der Waals surface area contributed by atoms with Gasteiger partial charge in [-0.3, -0.25) is 0 Å². The summed E-state index contributed by atoms with van der Waals surface area (Å²) in [7, 11) is 6.37. The van der Waals surface area contributed by atoms with Crippen molar-refractivity contribution in [1.82, 2.24) is 19.9 Å². The van der Waals surface area contributed by atoms with Crippen molar-refractivity contribution in [2.24, 2.45) is 0 Å². The molecule has 46 heavy (non-hydrogen) atoms. The van der Waals surface area contributed by atoms with E-state index in [2.05, 4.69) is 19.9 Å². The van der Waals surface area contributed by atoms with Gasteiger partial charge in [-0.2, -0.15) is 9.97 Å². The summed E-state index contributed by atoms with van der Waals surface area (Å²) in [6.45, 7) is 0.997. The van der Waals surface area contributed by atoms with Crippen molar-refractivity contribution in [3.05, 3.63) is 58.9 Å². The third-order valence-corrected chi connectivity index (χ3v) is 7.19. The number of benzene rings is 2. The first-order valence-corrected chi connectivity index (χ1v) is 14.7. The van der Waals surface area contributed by atoms with E-state index < -0.39 is 0 Å². The molecule has 0 aliphatic heterocycles. The van der Waals surface area contributed by atoms with Gasteiger partial charge in [0.25, 0.3) is 0 Å². The first-order valence-electron chi connectivity index (χ1n) is 14.7. The Hall–Kier alpha value is -5.40. The van der Waals surface area contributed by atoms with E-state index in [0.29, 0.717) is 72.2 Å². The van der Waals surface area contributed by atoms with Gasteiger partial charge in [0, 0.05) is 36.4 Å². The van der Waals surface area contributed by atoms with Gasteiger partial charge in [-0.15, -0.1) is 0 Å². The highest BCUT2D eigenvalue weighted by Crippen LogP contribution is 2.40. The Morgan fingerprint density at radius 2 is 0.870 bits per heavy atom. The summed E-state index contributed by atoms with van der Waals surface area (Å²) in [5.41, 5.74) is 26.6. The van der Waals surface area contributed by atoms with Gasteiger partial charge in [0.1, 0.15) is 11.6 Å². The summed E-state index contributed by atoms with van der Waals surface area (Å²) >= 11 is 0. The van der Waals surface area contributed by atoms with E-state index in [1.807, 2.05) is 24.3 Å². The van der Waals surface area contributed by atoms with Gasteiger partial charge in [0.15, 0.2) is 23.0 Å². The van der Waals surface area contributed by atoms with Crippen LogP contribution in [0.15, 0.2) is 36.7 Å². The zero-order valence-corrected chi connectivity index (χ0v) is 26.7. The highest BCUT2D eigenvalue weighted by atomic mass is 16.5. The normalized spacial score (nSPS) is 10.8. The van der Waals surface area contributed by atoms with E-state index in [1.54, 1.807) is 40.8 Å². The second-order valence-corrected chi connectivity index (χ2v) is 10.4. The Bertz CT molecular complexity index is 1450. The maximum Gasteiger partial charge on any atom is 0.221 e. The van der Waals surface area contributed by atoms with E-state index in [-0.39, 0.29) is 11.9 Å². The fourth-order valence-electron chi connectivity index (χ4n) is 4.84. The lowest BCUT2D eigenvalue weighted by Gasteiger charge is -2.17. The molecule has 0 fully saturated rings. The zero-order valence-electron chi connectivity index (χ0n) is 26.7. The van der Waals surface area contributed by atoms with Crippen molar-refractivity contribution in [2.75, 3.05) is 64.6 Å². The summed E-state index contributed by atoms with van der Waals surface area (Å²) in [6, 6.07) is 7.56. The molecule has 0 atom stereocenters. The Morgan fingerprint density at radius 1 is 0.522 bits per heavy atom. The standard InChI is InChI=1S/C32H42N8O6/c1-41-23-13-19(11-21-17-37-31(35)39-29(21)33)14-24(42-2)27(23)45-9-7-5-6-8-10-46-28-25(43-3)15-20(16-26(28)44-4)12-22-18-38-32(36)40-30(22)34/h13-18H,5-12H2,1-4H3,(H4,33,35,37,39)(H4,34,36,38,40). The van der Waals surface area contributed by atoms with Crippen LogP contribution in [0.3, 0.4) is 0 Å². The van der Waals surface area contributed by atoms with Crippen LogP contribution in [0.4, 0.5) is 23.5 Å². The third-order valence-electron chi connectivity index (χ3n) is 7.19. The van der Waals surface area contributed by atoms with Crippen LogP contribution in [0.2, 0.25) is 0 Å². The monoisotopic (exact) mass is 634 g/mol. The maximum absolute atomic E-state index is 6.10. The molecule has 2 aromatic heterocycles. The number of hydrogen-bond acceptors (Lipinski definition) is 14. The van der Waals surface area contributed by atoms with Gasteiger partial charge in [-0.25, -0.2) is 9.97 Å². The minimum Gasteiger partial charge on any atom is -0.493 e. The van der Waals surface area contributed by atoms with Crippen LogP contribution in [0.1, 0.15) is 47.9 Å². The van der Waals surface area contributed by atoms with Gasteiger partial charge in [0.2, 0.25) is 23.4 Å². The summed E-state index contributed by atoms with van der Waals surface area (Å²) in [5, 5.41) is 0. The third kappa shape index (κ3) is 8.61. The first-order chi connectivity index (χ1) is 22.3. The molecular formula is C32H42N8O6. The van der Waals surface area contributed by atoms with Gasteiger partial charge in [-0.05, 0) is 61.1 Å². The molecule has 0 aliphatic carbocycles. The molecule has 4 rings (SSSR count). The number of aromatic nitrogens is 4. The van der Waals surface area contributed by atoms with Gasteiger partial charge < -0.3 is 51.4 Å². The van der Waals surface area contributed by atoms with Gasteiger partial charge in [-0.1, -0.05) is 0 Å². The van der Waals surface area contributed by atoms with E-state index in [1.165, 1.54) is 0 Å². The van der Waals surface area contributed by atoms with Crippen molar-refractivity contribution in [2.45, 2.75) is 38.5 Å². The quantitative estimate of drug-likeness (QED) is 0.122. The number of unbranched alkanes of at least 4 members (excludes halogenated alkanes) is 3. The summed E-state index contributed by atoms with van der Waals surface area (Å²) in [6.07, 6.45) is 7.77. The molecule has 0 spiro atoms. The molecule has 2 aromatic carbocycles. The fourth-order valence-corrected chi connectivity index (χ4v) is 4.84. The lowest BCUT2D eigenvalue weighted by atomic mass is 10.1. The van der Waals surface area contributed by atoms with Crippen molar-refractivity contribution in [3.63, 3.8) is 0 Å². The van der Waals surface area contributed by atoms with E-state index >= 15 is 0 Å². The number of nitrogen functional groups attached to an aromatic ring is 4. The number of rotatable bonds is 17. The second-order valence-electron chi connectivity index (χ2n) is 10.4. The molecule has 246 valence electrons. The van der Waals surface area contributed by atoms with Gasteiger partial charge in [0.05, 0.1) is 41.7 Å². The lowest BCUT2D eigenvalue weighted by molar-refractivity contribution is 0.255. The van der Waals surface area contributed by atoms with Crippen molar-refractivity contribution in [1.29, 1.82) is 0 Å². The molecule has 14 heteroatoms. The molecule has 0 saturated carbocycles. The van der Waals surface area contributed by atoms with E-state index in [4.69, 9.17) is 51.4 Å². The number of hydrogen-bond donors (Lipinski definition) is 4. The van der Waals surface area contributed by atoms with Crippen LogP contribution in [-0.4, -0.2) is 61.6 Å². The van der Waals surface area contributed by atoms with Crippen molar-refractivity contribution < 1.29 is 28.4 Å². The summed E-state index contributed by atoms with van der Waals surface area (Å²) < 4.78 is 34.6. The molecule has 4 aromatic rings. The molecule has 0 radical (unpaired) electrons. The van der Waals surface area contributed by atoms with Crippen LogP contribution in [0, 0.1) is 0 Å². The van der Waals surface area contributed by atoms with Crippen LogP contribution in [0.25, 0.3) is 0 Å². The lowest BCUT2D eigenvalue weighted by Crippen LogP contribution is -2.06. The topological polar surface area (TPSA) is 211 Å². The molecule has 14 nitrogen and oxygen atoms in total. The maximum atomic E-state index is 6.10. The zero-order chi connectivity index (χ0) is 33.1. The minimum atomic E-state index is 0.132. The smallest absolute Gasteiger partial charge is 0.221 e. The number of methoxy groups -OCH3 is 4. The Balaban J connectivity index is 1.26. The predicted molar refractivity (Wildman–Crippen MR) is 176 cm³/mol. The number of nitrogens with zero attached hydrogens (tertiary/aromatic N) is 4. The summed E-state index contributed by atoms with van der Waals surface area (Å²) in [5.74, 6) is 4.29. The molecule has 0 amide bonds. The average Bonchev–Trinajstić information content (AvgIpc) is 3.05. The van der Waals surface area contributed by atoms with Crippen molar-refractivity contribution in [3.8, 4) is 34.5 Å². The first kappa shape index (κ1) is 33.5. The molecule has 0 unspecified atom stereocenters. The highest BCUT2D eigenvalue weighted by molar-refractivity contribution is 5.57. The fraction of sp³-hybridized carbons (Fsp3) is 0.375. The molecule has 8 N–H and O–H groups in total. The molecule has 2 heterocycles. The number of anilines is 4. The van der Waals surface area contributed by atoms with Crippen LogP contribution in [-0.2, 0) is 12.8 Å². The molecule has 0 bridgehead atoms. The van der Waals surface area contributed by atoms with E-state index in [9.17, 15) is 0 Å². The summed E-state index contributed by atoms with van der Waals surface area (Å²) in [4.78, 5) is 16.1. The molecule has 0 aliphatic rings. The molecular weight excluding hydrogens is 592 g/mol. The number of ether oxygens (including phenoxy) is 6. The van der Waals surface area contributed by atoms with Crippen LogP contribution >= 0.6 is 0 Å². The van der Waals surface area contributed by atoms with Crippen molar-refractivity contribution >= 4 is 23.5 Å². The second kappa shape index (κ2) is 16.1. The van der Waals surface area contributed by atoms with E-state index in [0.717, 1.165) is 47.9 Å². The highest BCUT2D eigenvalue weighted by Gasteiger charge is 2.17.